The van der Waals surface area contributed by atoms with Crippen molar-refractivity contribution in [3.8, 4) is 11.5 Å². The molecule has 1 saturated carbocycles. The number of hydrogen-bond acceptors (Lipinski definition) is 3. The Bertz CT molecular complexity index is 429. The second-order valence-corrected chi connectivity index (χ2v) is 6.07. The maximum atomic E-state index is 6.09. The van der Waals surface area contributed by atoms with E-state index in [9.17, 15) is 0 Å². The van der Waals surface area contributed by atoms with Crippen molar-refractivity contribution in [2.24, 2.45) is 11.7 Å². The molecule has 1 fully saturated rings. The van der Waals surface area contributed by atoms with Gasteiger partial charge in [0.15, 0.2) is 0 Å². The van der Waals surface area contributed by atoms with Crippen molar-refractivity contribution < 1.29 is 9.47 Å². The Morgan fingerprint density at radius 3 is 2.67 bits per heavy atom. The highest BCUT2D eigenvalue weighted by Gasteiger charge is 2.21. The quantitative estimate of drug-likeness (QED) is 0.710. The van der Waals surface area contributed by atoms with Crippen LogP contribution in [0.3, 0.4) is 0 Å². The first kappa shape index (κ1) is 16.2. The summed E-state index contributed by atoms with van der Waals surface area (Å²) < 4.78 is 11.7. The molecule has 118 valence electrons. The summed E-state index contributed by atoms with van der Waals surface area (Å²) in [6, 6.07) is 6.35. The van der Waals surface area contributed by atoms with Gasteiger partial charge >= 0.3 is 0 Å². The van der Waals surface area contributed by atoms with E-state index in [0.29, 0.717) is 0 Å². The van der Waals surface area contributed by atoms with Gasteiger partial charge in [0.2, 0.25) is 0 Å². The standard InChI is InChI=1S/C18H29NO2/c1-3-10-20-17-8-7-15(12-16(19)4-2)18(13-17)21-11-9-14-5-6-14/h7-8,13-14,16H,3-6,9-12,19H2,1-2H3. The zero-order valence-electron chi connectivity index (χ0n) is 13.4. The van der Waals surface area contributed by atoms with Gasteiger partial charge in [0, 0.05) is 12.1 Å². The van der Waals surface area contributed by atoms with Crippen molar-refractivity contribution in [3.05, 3.63) is 23.8 Å². The van der Waals surface area contributed by atoms with Crippen LogP contribution in [0.15, 0.2) is 18.2 Å². The van der Waals surface area contributed by atoms with Crippen molar-refractivity contribution in [2.75, 3.05) is 13.2 Å². The van der Waals surface area contributed by atoms with Gasteiger partial charge in [-0.15, -0.1) is 0 Å². The van der Waals surface area contributed by atoms with E-state index in [4.69, 9.17) is 15.2 Å². The smallest absolute Gasteiger partial charge is 0.126 e. The summed E-state index contributed by atoms with van der Waals surface area (Å²) in [6.07, 6.45) is 6.77. The fraction of sp³-hybridized carbons (Fsp3) is 0.667. The van der Waals surface area contributed by atoms with Gasteiger partial charge in [0.25, 0.3) is 0 Å². The van der Waals surface area contributed by atoms with Gasteiger partial charge < -0.3 is 15.2 Å². The minimum atomic E-state index is 0.193. The van der Waals surface area contributed by atoms with Gasteiger partial charge in [0.1, 0.15) is 11.5 Å². The third-order valence-corrected chi connectivity index (χ3v) is 4.00. The van der Waals surface area contributed by atoms with Crippen LogP contribution in [0.5, 0.6) is 11.5 Å². The first-order chi connectivity index (χ1) is 10.2. The Kier molecular flexibility index (Phi) is 6.37. The molecule has 0 saturated heterocycles. The number of hydrogen-bond donors (Lipinski definition) is 1. The van der Waals surface area contributed by atoms with Gasteiger partial charge in [-0.25, -0.2) is 0 Å². The molecule has 0 heterocycles. The van der Waals surface area contributed by atoms with E-state index in [1.54, 1.807) is 0 Å². The molecule has 0 bridgehead atoms. The highest BCUT2D eigenvalue weighted by atomic mass is 16.5. The lowest BCUT2D eigenvalue weighted by Crippen LogP contribution is -2.21. The van der Waals surface area contributed by atoms with Crippen LogP contribution in [-0.4, -0.2) is 19.3 Å². The predicted octanol–water partition coefficient (Wildman–Crippen LogP) is 3.93. The van der Waals surface area contributed by atoms with E-state index >= 15 is 0 Å². The fourth-order valence-electron chi connectivity index (χ4n) is 2.32. The van der Waals surface area contributed by atoms with Gasteiger partial charge in [-0.1, -0.05) is 32.8 Å². The summed E-state index contributed by atoms with van der Waals surface area (Å²) >= 11 is 0. The molecule has 1 aromatic carbocycles. The first-order valence-electron chi connectivity index (χ1n) is 8.37. The lowest BCUT2D eigenvalue weighted by Gasteiger charge is -2.16. The molecule has 3 heteroatoms. The van der Waals surface area contributed by atoms with E-state index in [0.717, 1.165) is 49.9 Å². The summed E-state index contributed by atoms with van der Waals surface area (Å²) in [5, 5.41) is 0. The molecule has 0 spiro atoms. The van der Waals surface area contributed by atoms with Gasteiger partial charge in [0.05, 0.1) is 13.2 Å². The molecular formula is C18H29NO2. The highest BCUT2D eigenvalue weighted by Crippen LogP contribution is 2.33. The van der Waals surface area contributed by atoms with Crippen molar-refractivity contribution in [1.82, 2.24) is 0 Å². The second kappa shape index (κ2) is 8.28. The maximum Gasteiger partial charge on any atom is 0.126 e. The van der Waals surface area contributed by atoms with Crippen molar-refractivity contribution in [3.63, 3.8) is 0 Å². The Morgan fingerprint density at radius 1 is 1.19 bits per heavy atom. The van der Waals surface area contributed by atoms with Crippen molar-refractivity contribution in [2.45, 2.75) is 58.4 Å². The average Bonchev–Trinajstić information content (AvgIpc) is 3.31. The highest BCUT2D eigenvalue weighted by molar-refractivity contribution is 5.41. The Hall–Kier alpha value is -1.22. The number of nitrogens with two attached hydrogens (primary N) is 1. The monoisotopic (exact) mass is 291 g/mol. The number of benzene rings is 1. The lowest BCUT2D eigenvalue weighted by molar-refractivity contribution is 0.290. The maximum absolute atomic E-state index is 6.09. The van der Waals surface area contributed by atoms with Gasteiger partial charge in [-0.3, -0.25) is 0 Å². The lowest BCUT2D eigenvalue weighted by atomic mass is 10.0. The molecule has 0 aliphatic heterocycles. The normalized spacial score (nSPS) is 15.8. The van der Waals surface area contributed by atoms with E-state index in [-0.39, 0.29) is 6.04 Å². The molecule has 2 rings (SSSR count). The Labute approximate surface area is 128 Å². The molecule has 1 aliphatic carbocycles. The third-order valence-electron chi connectivity index (χ3n) is 4.00. The van der Waals surface area contributed by atoms with E-state index in [1.807, 2.05) is 12.1 Å². The molecule has 1 unspecified atom stereocenters. The van der Waals surface area contributed by atoms with E-state index in [2.05, 4.69) is 19.9 Å². The summed E-state index contributed by atoms with van der Waals surface area (Å²) in [5.41, 5.74) is 7.29. The Balaban J connectivity index is 2.00. The summed E-state index contributed by atoms with van der Waals surface area (Å²) in [4.78, 5) is 0. The van der Waals surface area contributed by atoms with E-state index in [1.165, 1.54) is 24.8 Å². The molecule has 2 N–H and O–H groups in total. The minimum absolute atomic E-state index is 0.193. The molecule has 3 nitrogen and oxygen atoms in total. The summed E-state index contributed by atoms with van der Waals surface area (Å²) in [7, 11) is 0. The number of rotatable bonds is 10. The average molecular weight is 291 g/mol. The topological polar surface area (TPSA) is 44.5 Å². The van der Waals surface area contributed by atoms with Crippen LogP contribution in [0.4, 0.5) is 0 Å². The molecule has 1 aliphatic rings. The van der Waals surface area contributed by atoms with Crippen LogP contribution in [0, 0.1) is 5.92 Å². The van der Waals surface area contributed by atoms with Crippen molar-refractivity contribution >= 4 is 0 Å². The fourth-order valence-corrected chi connectivity index (χ4v) is 2.32. The molecular weight excluding hydrogens is 262 g/mol. The predicted molar refractivity (Wildman–Crippen MR) is 87.0 cm³/mol. The molecule has 0 aromatic heterocycles. The van der Waals surface area contributed by atoms with Crippen molar-refractivity contribution in [1.29, 1.82) is 0 Å². The van der Waals surface area contributed by atoms with Crippen LogP contribution in [-0.2, 0) is 6.42 Å². The minimum Gasteiger partial charge on any atom is -0.493 e. The SMILES string of the molecule is CCCOc1ccc(CC(N)CC)c(OCCC2CC2)c1. The summed E-state index contributed by atoms with van der Waals surface area (Å²) in [5.74, 6) is 2.74. The van der Waals surface area contributed by atoms with Crippen LogP contribution in [0.2, 0.25) is 0 Å². The largest absolute Gasteiger partial charge is 0.493 e. The zero-order chi connectivity index (χ0) is 15.1. The van der Waals surface area contributed by atoms with Crippen LogP contribution in [0.25, 0.3) is 0 Å². The van der Waals surface area contributed by atoms with Crippen LogP contribution >= 0.6 is 0 Å². The molecule has 0 radical (unpaired) electrons. The van der Waals surface area contributed by atoms with E-state index < -0.39 is 0 Å². The molecule has 1 aromatic rings. The van der Waals surface area contributed by atoms with Crippen LogP contribution < -0.4 is 15.2 Å². The van der Waals surface area contributed by atoms with Gasteiger partial charge in [-0.05, 0) is 43.2 Å². The molecule has 1 atom stereocenters. The Morgan fingerprint density at radius 2 is 2.00 bits per heavy atom. The first-order valence-corrected chi connectivity index (χ1v) is 8.37. The second-order valence-electron chi connectivity index (χ2n) is 6.07. The summed E-state index contributed by atoms with van der Waals surface area (Å²) in [6.45, 7) is 5.78. The van der Waals surface area contributed by atoms with Gasteiger partial charge in [-0.2, -0.15) is 0 Å². The molecule has 21 heavy (non-hydrogen) atoms. The zero-order valence-corrected chi connectivity index (χ0v) is 13.4. The molecule has 0 amide bonds. The third kappa shape index (κ3) is 5.58. The van der Waals surface area contributed by atoms with Crippen LogP contribution in [0.1, 0.15) is 51.5 Å². The number of ether oxygens (including phenoxy) is 2.